The van der Waals surface area contributed by atoms with Gasteiger partial charge in [-0.25, -0.2) is 6.57 Å². The van der Waals surface area contributed by atoms with Crippen LogP contribution in [-0.4, -0.2) is 30.7 Å². The molecule has 0 spiro atoms. The molecule has 1 aliphatic heterocycles. The number of nitro groups is 1. The van der Waals surface area contributed by atoms with E-state index in [-0.39, 0.29) is 16.7 Å². The van der Waals surface area contributed by atoms with Crippen molar-refractivity contribution in [1.82, 2.24) is 0 Å². The minimum absolute atomic E-state index is 0.121. The fourth-order valence-electron chi connectivity index (χ4n) is 3.80. The molecule has 1 aromatic carbocycles. The van der Waals surface area contributed by atoms with E-state index >= 15 is 0 Å². The van der Waals surface area contributed by atoms with Crippen LogP contribution in [0.1, 0.15) is 44.6 Å². The first-order chi connectivity index (χ1) is 11.6. The van der Waals surface area contributed by atoms with Crippen molar-refractivity contribution >= 4 is 11.4 Å². The van der Waals surface area contributed by atoms with Crippen LogP contribution < -0.4 is 4.90 Å². The van der Waals surface area contributed by atoms with Crippen molar-refractivity contribution in [2.75, 3.05) is 24.7 Å². The Labute approximate surface area is 142 Å². The number of benzene rings is 1. The Bertz CT molecular complexity index is 658. The summed E-state index contributed by atoms with van der Waals surface area (Å²) in [6, 6.07) is 5.67. The molecule has 0 bridgehead atoms. The zero-order valence-corrected chi connectivity index (χ0v) is 14.0. The van der Waals surface area contributed by atoms with Gasteiger partial charge in [-0.2, -0.15) is 0 Å². The van der Waals surface area contributed by atoms with Gasteiger partial charge in [0, 0.05) is 50.3 Å². The van der Waals surface area contributed by atoms with E-state index in [9.17, 15) is 10.1 Å². The summed E-state index contributed by atoms with van der Waals surface area (Å²) in [5.74, 6) is 0. The van der Waals surface area contributed by atoms with E-state index < -0.39 is 5.54 Å². The van der Waals surface area contributed by atoms with Gasteiger partial charge < -0.3 is 14.5 Å². The molecule has 0 unspecified atom stereocenters. The van der Waals surface area contributed by atoms with Gasteiger partial charge in [-0.05, 0) is 38.3 Å². The van der Waals surface area contributed by atoms with Crippen LogP contribution in [0.3, 0.4) is 0 Å². The summed E-state index contributed by atoms with van der Waals surface area (Å²) in [5.41, 5.74) is 1.04. The number of hydrogen-bond donors (Lipinski definition) is 0. The fourth-order valence-corrected chi connectivity index (χ4v) is 3.80. The van der Waals surface area contributed by atoms with Crippen LogP contribution in [0.15, 0.2) is 18.2 Å². The van der Waals surface area contributed by atoms with Gasteiger partial charge in [0.05, 0.1) is 4.92 Å². The lowest BCUT2D eigenvalue weighted by Gasteiger charge is -2.35. The highest BCUT2D eigenvalue weighted by atomic mass is 16.6. The van der Waals surface area contributed by atoms with Gasteiger partial charge in [-0.1, -0.05) is 0 Å². The van der Waals surface area contributed by atoms with Gasteiger partial charge >= 0.3 is 0 Å². The third-order valence-electron chi connectivity index (χ3n) is 5.39. The molecule has 0 aromatic heterocycles. The number of nitro benzene ring substituents is 1. The smallest absolute Gasteiger partial charge is 0.293 e. The minimum Gasteiger partial charge on any atom is -0.381 e. The Hall–Kier alpha value is -2.13. The third kappa shape index (κ3) is 2.84. The van der Waals surface area contributed by atoms with E-state index in [1.54, 1.807) is 6.07 Å². The van der Waals surface area contributed by atoms with Crippen LogP contribution in [0.4, 0.5) is 11.4 Å². The highest BCUT2D eigenvalue weighted by molar-refractivity contribution is 5.66. The second-order valence-electron chi connectivity index (χ2n) is 6.59. The number of anilines is 1. The van der Waals surface area contributed by atoms with Gasteiger partial charge in [0.15, 0.2) is 0 Å². The molecule has 6 nitrogen and oxygen atoms in total. The normalized spacial score (nSPS) is 20.0. The minimum atomic E-state index is -0.543. The second-order valence-corrected chi connectivity index (χ2v) is 6.59. The van der Waals surface area contributed by atoms with Gasteiger partial charge in [0.1, 0.15) is 5.69 Å². The maximum Gasteiger partial charge on any atom is 0.293 e. The Morgan fingerprint density at radius 3 is 2.62 bits per heavy atom. The first-order valence-corrected chi connectivity index (χ1v) is 8.63. The standard InChI is InChI=1S/C18H23N3O3/c1-3-20(15-7-11-24-12-8-15)16-6-5-14(13-17(16)21(22)23)18(19-2)9-4-10-18/h5-6,13,15H,3-4,7-12H2,1H3. The van der Waals surface area contributed by atoms with E-state index in [1.165, 1.54) is 0 Å². The zero-order valence-electron chi connectivity index (χ0n) is 14.0. The first-order valence-electron chi connectivity index (χ1n) is 8.63. The number of nitrogens with zero attached hydrogens (tertiary/aromatic N) is 3. The van der Waals surface area contributed by atoms with E-state index in [4.69, 9.17) is 11.3 Å². The summed E-state index contributed by atoms with van der Waals surface area (Å²) < 4.78 is 5.41. The molecule has 0 atom stereocenters. The van der Waals surface area contributed by atoms with Crippen molar-refractivity contribution in [3.63, 3.8) is 0 Å². The van der Waals surface area contributed by atoms with Gasteiger partial charge in [0.2, 0.25) is 0 Å². The molecule has 6 heteroatoms. The van der Waals surface area contributed by atoms with E-state index in [0.717, 1.165) is 44.2 Å². The monoisotopic (exact) mass is 329 g/mol. The Morgan fingerprint density at radius 2 is 2.12 bits per heavy atom. The van der Waals surface area contributed by atoms with Gasteiger partial charge in [-0.3, -0.25) is 10.1 Å². The quantitative estimate of drug-likeness (QED) is 0.467. The maximum absolute atomic E-state index is 11.7. The zero-order chi connectivity index (χ0) is 17.2. The molecule has 1 heterocycles. The van der Waals surface area contributed by atoms with Crippen LogP contribution >= 0.6 is 0 Å². The molecular formula is C18H23N3O3. The van der Waals surface area contributed by atoms with E-state index in [2.05, 4.69) is 9.74 Å². The average molecular weight is 329 g/mol. The number of rotatable bonds is 5. The molecule has 0 amide bonds. The molecule has 0 radical (unpaired) electrons. The molecule has 1 aromatic rings. The average Bonchev–Trinajstić information content (AvgIpc) is 2.57. The van der Waals surface area contributed by atoms with E-state index in [0.29, 0.717) is 18.9 Å². The SMILES string of the molecule is [C-]#[N+]C1(c2ccc(N(CC)C3CCOCC3)c([N+](=O)[O-])c2)CCC1. The van der Waals surface area contributed by atoms with Crippen LogP contribution in [0, 0.1) is 16.7 Å². The highest BCUT2D eigenvalue weighted by Gasteiger charge is 2.46. The summed E-state index contributed by atoms with van der Waals surface area (Å²) in [4.78, 5) is 17.3. The largest absolute Gasteiger partial charge is 0.381 e. The third-order valence-corrected chi connectivity index (χ3v) is 5.39. The molecule has 1 saturated heterocycles. The molecule has 2 aliphatic rings. The van der Waals surface area contributed by atoms with Crippen molar-refractivity contribution in [2.24, 2.45) is 0 Å². The number of ether oxygens (including phenoxy) is 1. The van der Waals surface area contributed by atoms with Crippen molar-refractivity contribution in [3.05, 3.63) is 45.3 Å². The van der Waals surface area contributed by atoms with Gasteiger partial charge in [-0.15, -0.1) is 0 Å². The Morgan fingerprint density at radius 1 is 1.42 bits per heavy atom. The van der Waals surface area contributed by atoms with Gasteiger partial charge in [0.25, 0.3) is 11.2 Å². The van der Waals surface area contributed by atoms with Crippen molar-refractivity contribution in [1.29, 1.82) is 0 Å². The summed E-state index contributed by atoms with van der Waals surface area (Å²) >= 11 is 0. The molecular weight excluding hydrogens is 306 g/mol. The predicted octanol–water partition coefficient (Wildman–Crippen LogP) is 3.90. The molecule has 128 valence electrons. The molecule has 1 saturated carbocycles. The molecule has 3 rings (SSSR count). The second kappa shape index (κ2) is 6.78. The van der Waals surface area contributed by atoms with Crippen molar-refractivity contribution in [2.45, 2.75) is 50.6 Å². The maximum atomic E-state index is 11.7. The molecule has 0 N–H and O–H groups in total. The topological polar surface area (TPSA) is 60.0 Å². The van der Waals surface area contributed by atoms with Crippen LogP contribution in [0.2, 0.25) is 0 Å². The molecule has 24 heavy (non-hydrogen) atoms. The van der Waals surface area contributed by atoms with Crippen molar-refractivity contribution in [3.8, 4) is 0 Å². The van der Waals surface area contributed by atoms with E-state index in [1.807, 2.05) is 19.1 Å². The van der Waals surface area contributed by atoms with Crippen molar-refractivity contribution < 1.29 is 9.66 Å². The summed E-state index contributed by atoms with van der Waals surface area (Å²) in [5, 5.41) is 11.7. The summed E-state index contributed by atoms with van der Waals surface area (Å²) in [6.07, 6.45) is 4.38. The highest BCUT2D eigenvalue weighted by Crippen LogP contribution is 2.47. The molecule has 1 aliphatic carbocycles. The fraction of sp³-hybridized carbons (Fsp3) is 0.611. The van der Waals surface area contributed by atoms with Crippen LogP contribution in [0.25, 0.3) is 4.85 Å². The Kier molecular flexibility index (Phi) is 4.72. The Balaban J connectivity index is 1.98. The number of hydrogen-bond acceptors (Lipinski definition) is 4. The lowest BCUT2D eigenvalue weighted by atomic mass is 9.72. The lowest BCUT2D eigenvalue weighted by Crippen LogP contribution is -2.40. The lowest BCUT2D eigenvalue weighted by molar-refractivity contribution is -0.384. The van der Waals surface area contributed by atoms with Crippen LogP contribution in [0.5, 0.6) is 0 Å². The summed E-state index contributed by atoms with van der Waals surface area (Å²) in [6.45, 7) is 11.6. The summed E-state index contributed by atoms with van der Waals surface area (Å²) in [7, 11) is 0. The molecule has 2 fully saturated rings. The van der Waals surface area contributed by atoms with Crippen LogP contribution in [-0.2, 0) is 10.3 Å². The first kappa shape index (κ1) is 16.7. The predicted molar refractivity (Wildman–Crippen MR) is 92.1 cm³/mol.